The van der Waals surface area contributed by atoms with E-state index in [9.17, 15) is 18.7 Å². The van der Waals surface area contributed by atoms with Crippen molar-refractivity contribution in [2.45, 2.75) is 19.2 Å². The number of nitrogens with zero attached hydrogens (tertiary/aromatic N) is 5. The lowest BCUT2D eigenvalue weighted by atomic mass is 10.1. The van der Waals surface area contributed by atoms with Crippen LogP contribution in [-0.4, -0.2) is 41.9 Å². The van der Waals surface area contributed by atoms with Crippen molar-refractivity contribution in [3.05, 3.63) is 75.4 Å². The predicted octanol–water partition coefficient (Wildman–Crippen LogP) is 4.13. The van der Waals surface area contributed by atoms with Crippen LogP contribution >= 0.6 is 22.9 Å². The zero-order chi connectivity index (χ0) is 24.0. The van der Waals surface area contributed by atoms with Crippen LogP contribution in [0.15, 0.2) is 42.7 Å². The van der Waals surface area contributed by atoms with Crippen LogP contribution in [0.2, 0.25) is 5.02 Å². The molecule has 8 nitrogen and oxygen atoms in total. The van der Waals surface area contributed by atoms with Crippen molar-refractivity contribution >= 4 is 40.6 Å². The van der Waals surface area contributed by atoms with Gasteiger partial charge in [0.25, 0.3) is 5.91 Å². The van der Waals surface area contributed by atoms with Crippen LogP contribution in [0.5, 0.6) is 0 Å². The van der Waals surface area contributed by atoms with Crippen molar-refractivity contribution in [3.63, 3.8) is 0 Å². The molecular formula is C22H17ClF2N6O2S. The fraction of sp³-hybridized carbons (Fsp3) is 0.182. The monoisotopic (exact) mass is 502 g/mol. The van der Waals surface area contributed by atoms with E-state index in [2.05, 4.69) is 20.4 Å². The smallest absolute Gasteiger partial charge is 0.257 e. The first-order valence-electron chi connectivity index (χ1n) is 10.1. The molecule has 1 atom stereocenters. The zero-order valence-corrected chi connectivity index (χ0v) is 19.2. The molecule has 4 heterocycles. The number of amides is 1. The molecule has 4 aromatic rings. The number of thiophene rings is 1. The number of carbonyl (C=O) groups excluding carboxylic acids is 1. The Balaban J connectivity index is 1.34. The van der Waals surface area contributed by atoms with Crippen molar-refractivity contribution in [1.29, 1.82) is 0 Å². The SMILES string of the molecule is Cn1nccc1Nc1ncc(Cl)c(-c2cc3c(s2)CN(C(O)Cc2ccc(F)c(F)c2)C3=O)n1. The number of rotatable bonds is 6. The van der Waals surface area contributed by atoms with E-state index in [1.54, 1.807) is 30.1 Å². The highest BCUT2D eigenvalue weighted by Crippen LogP contribution is 2.39. The second-order valence-electron chi connectivity index (χ2n) is 7.67. The molecule has 0 radical (unpaired) electrons. The van der Waals surface area contributed by atoms with Crippen LogP contribution in [0.4, 0.5) is 20.5 Å². The first-order valence-corrected chi connectivity index (χ1v) is 11.3. The number of carbonyl (C=O) groups is 1. The summed E-state index contributed by atoms with van der Waals surface area (Å²) < 4.78 is 28.3. The van der Waals surface area contributed by atoms with Crippen LogP contribution in [0.3, 0.4) is 0 Å². The summed E-state index contributed by atoms with van der Waals surface area (Å²) in [5.41, 5.74) is 1.30. The van der Waals surface area contributed by atoms with Gasteiger partial charge in [0.1, 0.15) is 17.7 Å². The third kappa shape index (κ3) is 4.13. The number of halogens is 3. The Morgan fingerprint density at radius 1 is 1.26 bits per heavy atom. The number of benzene rings is 1. The molecule has 0 aliphatic carbocycles. The van der Waals surface area contributed by atoms with Gasteiger partial charge in [-0.05, 0) is 23.8 Å². The molecule has 3 aromatic heterocycles. The highest BCUT2D eigenvalue weighted by Gasteiger charge is 2.34. The van der Waals surface area contributed by atoms with Gasteiger partial charge in [-0.2, -0.15) is 5.10 Å². The second kappa shape index (κ2) is 8.75. The third-order valence-electron chi connectivity index (χ3n) is 5.41. The lowest BCUT2D eigenvalue weighted by Gasteiger charge is -2.23. The van der Waals surface area contributed by atoms with Crippen LogP contribution < -0.4 is 5.32 Å². The van der Waals surface area contributed by atoms with Gasteiger partial charge in [-0.3, -0.25) is 9.48 Å². The average molecular weight is 503 g/mol. The van der Waals surface area contributed by atoms with E-state index >= 15 is 0 Å². The summed E-state index contributed by atoms with van der Waals surface area (Å²) in [6, 6.07) is 6.85. The molecule has 0 saturated carbocycles. The summed E-state index contributed by atoms with van der Waals surface area (Å²) in [5, 5.41) is 18.1. The van der Waals surface area contributed by atoms with Crippen molar-refractivity contribution in [2.75, 3.05) is 5.32 Å². The highest BCUT2D eigenvalue weighted by atomic mass is 35.5. The van der Waals surface area contributed by atoms with Crippen LogP contribution in [0.1, 0.15) is 20.8 Å². The van der Waals surface area contributed by atoms with Gasteiger partial charge in [0.05, 0.1) is 34.4 Å². The maximum atomic E-state index is 13.5. The summed E-state index contributed by atoms with van der Waals surface area (Å²) in [6.07, 6.45) is 1.91. The number of aryl methyl sites for hydroxylation is 1. The number of fused-ring (bicyclic) bond motifs is 1. The third-order valence-corrected chi connectivity index (χ3v) is 6.82. The predicted molar refractivity (Wildman–Crippen MR) is 123 cm³/mol. The van der Waals surface area contributed by atoms with Crippen molar-refractivity contribution < 1.29 is 18.7 Å². The quantitative estimate of drug-likeness (QED) is 0.411. The molecule has 34 heavy (non-hydrogen) atoms. The van der Waals surface area contributed by atoms with E-state index in [4.69, 9.17) is 11.6 Å². The molecule has 0 spiro atoms. The minimum Gasteiger partial charge on any atom is -0.373 e. The number of anilines is 2. The summed E-state index contributed by atoms with van der Waals surface area (Å²) in [7, 11) is 1.78. The molecular weight excluding hydrogens is 486 g/mol. The molecule has 0 fully saturated rings. The first-order chi connectivity index (χ1) is 16.3. The van der Waals surface area contributed by atoms with E-state index in [1.807, 2.05) is 0 Å². The second-order valence-corrected chi connectivity index (χ2v) is 9.21. The minimum atomic E-state index is -1.18. The van der Waals surface area contributed by atoms with E-state index in [0.29, 0.717) is 38.5 Å². The molecule has 174 valence electrons. The van der Waals surface area contributed by atoms with E-state index in [0.717, 1.165) is 17.0 Å². The normalized spacial score (nSPS) is 13.9. The maximum Gasteiger partial charge on any atom is 0.257 e. The zero-order valence-electron chi connectivity index (χ0n) is 17.7. The summed E-state index contributed by atoms with van der Waals surface area (Å²) >= 11 is 7.68. The number of aromatic nitrogens is 4. The Morgan fingerprint density at radius 2 is 2.09 bits per heavy atom. The van der Waals surface area contributed by atoms with Crippen LogP contribution in [0.25, 0.3) is 10.6 Å². The van der Waals surface area contributed by atoms with Gasteiger partial charge < -0.3 is 15.3 Å². The number of hydrogen-bond acceptors (Lipinski definition) is 7. The summed E-state index contributed by atoms with van der Waals surface area (Å²) in [6.45, 7) is 0.187. The number of aliphatic hydroxyl groups is 1. The van der Waals surface area contributed by atoms with Gasteiger partial charge in [0.2, 0.25) is 5.95 Å². The summed E-state index contributed by atoms with van der Waals surface area (Å²) in [5.74, 6) is -1.30. The molecule has 1 aliphatic heterocycles. The van der Waals surface area contributed by atoms with E-state index < -0.39 is 17.9 Å². The Hall–Kier alpha value is -3.41. The number of hydrogen-bond donors (Lipinski definition) is 2. The number of aliphatic hydroxyl groups excluding tert-OH is 1. The summed E-state index contributed by atoms with van der Waals surface area (Å²) in [4.78, 5) is 24.4. The first kappa shape index (κ1) is 22.4. The average Bonchev–Trinajstić information content (AvgIpc) is 3.48. The van der Waals surface area contributed by atoms with Gasteiger partial charge in [0, 0.05) is 24.4 Å². The maximum absolute atomic E-state index is 13.5. The van der Waals surface area contributed by atoms with Crippen LogP contribution in [-0.2, 0) is 20.0 Å². The van der Waals surface area contributed by atoms with Crippen LogP contribution in [0, 0.1) is 11.6 Å². The van der Waals surface area contributed by atoms with E-state index in [1.165, 1.54) is 28.5 Å². The minimum absolute atomic E-state index is 0.0223. The molecule has 1 unspecified atom stereocenters. The number of nitrogens with one attached hydrogen (secondary N) is 1. The van der Waals surface area contributed by atoms with Gasteiger partial charge in [-0.1, -0.05) is 17.7 Å². The molecule has 0 saturated heterocycles. The van der Waals surface area contributed by atoms with Gasteiger partial charge in [-0.15, -0.1) is 11.3 Å². The Kier molecular flexibility index (Phi) is 5.76. The Morgan fingerprint density at radius 3 is 2.79 bits per heavy atom. The molecule has 1 aromatic carbocycles. The van der Waals surface area contributed by atoms with Crippen molar-refractivity contribution in [1.82, 2.24) is 24.6 Å². The Labute approximate surface area is 201 Å². The topological polar surface area (TPSA) is 96.2 Å². The Bertz CT molecular complexity index is 1410. The lowest BCUT2D eigenvalue weighted by Crippen LogP contribution is -2.37. The highest BCUT2D eigenvalue weighted by molar-refractivity contribution is 7.16. The van der Waals surface area contributed by atoms with Gasteiger partial charge in [-0.25, -0.2) is 18.7 Å². The molecule has 2 N–H and O–H groups in total. The fourth-order valence-electron chi connectivity index (χ4n) is 3.66. The molecule has 5 rings (SSSR count). The largest absolute Gasteiger partial charge is 0.373 e. The lowest BCUT2D eigenvalue weighted by molar-refractivity contribution is 0.00970. The molecule has 1 aliphatic rings. The van der Waals surface area contributed by atoms with E-state index in [-0.39, 0.29) is 18.9 Å². The molecule has 1 amide bonds. The molecule has 0 bridgehead atoms. The molecule has 12 heteroatoms. The van der Waals surface area contributed by atoms with Gasteiger partial charge in [0.15, 0.2) is 11.6 Å². The van der Waals surface area contributed by atoms with Crippen molar-refractivity contribution in [2.24, 2.45) is 7.05 Å². The standard InChI is InChI=1S/C22H17ClF2N6O2S/c1-30-18(4-5-27-30)28-22-26-9-13(23)20(29-22)16-8-12-17(34-16)10-31(21(12)33)19(32)7-11-2-3-14(24)15(25)6-11/h2-6,8-9,19,32H,7,10H2,1H3,(H,26,28,29). The fourth-order valence-corrected chi connectivity index (χ4v) is 5.07. The van der Waals surface area contributed by atoms with Crippen molar-refractivity contribution in [3.8, 4) is 10.6 Å². The van der Waals surface area contributed by atoms with Gasteiger partial charge >= 0.3 is 0 Å².